The number of benzene rings is 1. The molecule has 1 amide bonds. The van der Waals surface area contributed by atoms with Crippen molar-refractivity contribution >= 4 is 28.6 Å². The van der Waals surface area contributed by atoms with E-state index < -0.39 is 0 Å². The summed E-state index contributed by atoms with van der Waals surface area (Å²) in [7, 11) is 0. The van der Waals surface area contributed by atoms with Crippen LogP contribution < -0.4 is 5.32 Å². The van der Waals surface area contributed by atoms with Gasteiger partial charge in [-0.3, -0.25) is 4.79 Å². The molecule has 114 valence electrons. The Kier molecular flexibility index (Phi) is 4.51. The average Bonchev–Trinajstić information content (AvgIpc) is 3.25. The number of aromatic nitrogens is 1. The standard InChI is InChI=1S/C17H13N3OS2/c1-11(13-4-2-12(8-18)3-5-13)19-16(21)15-10-23-17(20-15)14-6-7-22-9-14/h2-7,9-11H,1H3,(H,19,21). The van der Waals surface area contributed by atoms with Crippen LogP contribution in [0.1, 0.15) is 34.6 Å². The maximum absolute atomic E-state index is 12.3. The second kappa shape index (κ2) is 6.73. The molecule has 0 spiro atoms. The van der Waals surface area contributed by atoms with E-state index in [1.165, 1.54) is 11.3 Å². The lowest BCUT2D eigenvalue weighted by Gasteiger charge is -2.13. The van der Waals surface area contributed by atoms with E-state index in [4.69, 9.17) is 5.26 Å². The first-order chi connectivity index (χ1) is 11.2. The zero-order valence-corrected chi connectivity index (χ0v) is 13.9. The molecule has 4 nitrogen and oxygen atoms in total. The lowest BCUT2D eigenvalue weighted by atomic mass is 10.1. The molecule has 1 N–H and O–H groups in total. The fourth-order valence-electron chi connectivity index (χ4n) is 2.10. The number of nitrogens with one attached hydrogen (secondary N) is 1. The first kappa shape index (κ1) is 15.4. The lowest BCUT2D eigenvalue weighted by Crippen LogP contribution is -2.26. The molecule has 0 aliphatic rings. The Hall–Kier alpha value is -2.49. The Morgan fingerprint density at radius 3 is 2.70 bits per heavy atom. The summed E-state index contributed by atoms with van der Waals surface area (Å²) in [5, 5.41) is 18.4. The fraction of sp³-hybridized carbons (Fsp3) is 0.118. The van der Waals surface area contributed by atoms with Gasteiger partial charge in [0.1, 0.15) is 10.7 Å². The Morgan fingerprint density at radius 2 is 2.04 bits per heavy atom. The number of hydrogen-bond acceptors (Lipinski definition) is 5. The molecule has 23 heavy (non-hydrogen) atoms. The minimum atomic E-state index is -0.195. The SMILES string of the molecule is CC(NC(=O)c1csc(-c2ccsc2)n1)c1ccc(C#N)cc1. The molecule has 0 aliphatic carbocycles. The molecule has 3 aromatic rings. The van der Waals surface area contributed by atoms with E-state index in [1.807, 2.05) is 35.9 Å². The zero-order valence-electron chi connectivity index (χ0n) is 12.3. The zero-order chi connectivity index (χ0) is 16.2. The van der Waals surface area contributed by atoms with Crippen LogP contribution in [0.5, 0.6) is 0 Å². The van der Waals surface area contributed by atoms with Gasteiger partial charge in [0.25, 0.3) is 5.91 Å². The van der Waals surface area contributed by atoms with Crippen LogP contribution in [0.25, 0.3) is 10.6 Å². The summed E-state index contributed by atoms with van der Waals surface area (Å²) in [6.45, 7) is 1.91. The molecular formula is C17H13N3OS2. The number of nitriles is 1. The van der Waals surface area contributed by atoms with Crippen molar-refractivity contribution in [2.45, 2.75) is 13.0 Å². The normalized spacial score (nSPS) is 11.7. The number of thiophene rings is 1. The smallest absolute Gasteiger partial charge is 0.271 e. The third kappa shape index (κ3) is 3.47. The van der Waals surface area contributed by atoms with E-state index >= 15 is 0 Å². The van der Waals surface area contributed by atoms with E-state index in [0.717, 1.165) is 16.1 Å². The van der Waals surface area contributed by atoms with Crippen LogP contribution in [0.4, 0.5) is 0 Å². The van der Waals surface area contributed by atoms with Crippen molar-refractivity contribution in [1.29, 1.82) is 5.26 Å². The van der Waals surface area contributed by atoms with Crippen molar-refractivity contribution in [1.82, 2.24) is 10.3 Å². The van der Waals surface area contributed by atoms with Crippen LogP contribution in [0.3, 0.4) is 0 Å². The van der Waals surface area contributed by atoms with E-state index in [9.17, 15) is 4.79 Å². The molecule has 0 fully saturated rings. The molecule has 1 unspecified atom stereocenters. The van der Waals surface area contributed by atoms with Gasteiger partial charge in [-0.05, 0) is 36.1 Å². The number of carbonyl (C=O) groups is 1. The third-order valence-electron chi connectivity index (χ3n) is 3.39. The summed E-state index contributed by atoms with van der Waals surface area (Å²) < 4.78 is 0. The van der Waals surface area contributed by atoms with E-state index in [-0.39, 0.29) is 11.9 Å². The third-order valence-corrected chi connectivity index (χ3v) is 4.97. The number of rotatable bonds is 4. The first-order valence-corrected chi connectivity index (χ1v) is 8.78. The van der Waals surface area contributed by atoms with Crippen LogP contribution in [-0.2, 0) is 0 Å². The summed E-state index contributed by atoms with van der Waals surface area (Å²) in [6.07, 6.45) is 0. The highest BCUT2D eigenvalue weighted by molar-refractivity contribution is 7.14. The second-order valence-electron chi connectivity index (χ2n) is 4.98. The molecule has 1 atom stereocenters. The number of carbonyl (C=O) groups excluding carboxylic acids is 1. The molecule has 0 saturated carbocycles. The van der Waals surface area contributed by atoms with Gasteiger partial charge < -0.3 is 5.32 Å². The van der Waals surface area contributed by atoms with Gasteiger partial charge in [0.2, 0.25) is 0 Å². The number of thiazole rings is 1. The number of amides is 1. The molecule has 0 saturated heterocycles. The Morgan fingerprint density at radius 1 is 1.26 bits per heavy atom. The largest absolute Gasteiger partial charge is 0.344 e. The van der Waals surface area contributed by atoms with Crippen LogP contribution >= 0.6 is 22.7 Å². The van der Waals surface area contributed by atoms with Crippen molar-refractivity contribution in [3.8, 4) is 16.6 Å². The fourth-order valence-corrected chi connectivity index (χ4v) is 3.61. The van der Waals surface area contributed by atoms with E-state index in [2.05, 4.69) is 16.4 Å². The maximum atomic E-state index is 12.3. The van der Waals surface area contributed by atoms with Crippen LogP contribution in [0.2, 0.25) is 0 Å². The first-order valence-electron chi connectivity index (χ1n) is 6.96. The van der Waals surface area contributed by atoms with Crippen LogP contribution in [-0.4, -0.2) is 10.9 Å². The van der Waals surface area contributed by atoms with Crippen molar-refractivity contribution in [3.05, 3.63) is 63.3 Å². The number of nitrogens with zero attached hydrogens (tertiary/aromatic N) is 2. The monoisotopic (exact) mass is 339 g/mol. The molecule has 2 aromatic heterocycles. The molecule has 0 bridgehead atoms. The van der Waals surface area contributed by atoms with Crippen molar-refractivity contribution in [2.75, 3.05) is 0 Å². The molecular weight excluding hydrogens is 326 g/mol. The van der Waals surface area contributed by atoms with Gasteiger partial charge >= 0.3 is 0 Å². The summed E-state index contributed by atoms with van der Waals surface area (Å²) in [5.41, 5.74) is 3.02. The summed E-state index contributed by atoms with van der Waals surface area (Å²) in [4.78, 5) is 16.7. The van der Waals surface area contributed by atoms with Crippen LogP contribution in [0.15, 0.2) is 46.5 Å². The van der Waals surface area contributed by atoms with Crippen molar-refractivity contribution in [3.63, 3.8) is 0 Å². The summed E-state index contributed by atoms with van der Waals surface area (Å²) in [6, 6.07) is 11.1. The van der Waals surface area contributed by atoms with Gasteiger partial charge in [0.15, 0.2) is 0 Å². The van der Waals surface area contributed by atoms with Gasteiger partial charge in [0, 0.05) is 16.3 Å². The van der Waals surface area contributed by atoms with E-state index in [0.29, 0.717) is 11.3 Å². The Bertz CT molecular complexity index is 845. The minimum absolute atomic E-state index is 0.151. The van der Waals surface area contributed by atoms with Gasteiger partial charge in [-0.2, -0.15) is 16.6 Å². The topological polar surface area (TPSA) is 65.8 Å². The quantitative estimate of drug-likeness (QED) is 0.773. The van der Waals surface area contributed by atoms with Crippen molar-refractivity contribution < 1.29 is 4.79 Å². The maximum Gasteiger partial charge on any atom is 0.271 e. The molecule has 3 rings (SSSR count). The molecule has 1 aromatic carbocycles. The highest BCUT2D eigenvalue weighted by atomic mass is 32.1. The second-order valence-corrected chi connectivity index (χ2v) is 6.62. The predicted octanol–water partition coefficient (Wildman–Crippen LogP) is 4.23. The number of hydrogen-bond donors (Lipinski definition) is 1. The highest BCUT2D eigenvalue weighted by Gasteiger charge is 2.15. The van der Waals surface area contributed by atoms with Crippen molar-refractivity contribution in [2.24, 2.45) is 0 Å². The van der Waals surface area contributed by atoms with Gasteiger partial charge in [0.05, 0.1) is 17.7 Å². The predicted molar refractivity (Wildman–Crippen MR) is 92.5 cm³/mol. The molecule has 0 aliphatic heterocycles. The Labute approximate surface area is 142 Å². The van der Waals surface area contributed by atoms with E-state index in [1.54, 1.807) is 28.8 Å². The van der Waals surface area contributed by atoms with Gasteiger partial charge in [-0.25, -0.2) is 4.98 Å². The highest BCUT2D eigenvalue weighted by Crippen LogP contribution is 2.26. The summed E-state index contributed by atoms with van der Waals surface area (Å²) >= 11 is 3.07. The minimum Gasteiger partial charge on any atom is -0.344 e. The summed E-state index contributed by atoms with van der Waals surface area (Å²) in [5.74, 6) is -0.195. The molecule has 6 heteroatoms. The van der Waals surface area contributed by atoms with Gasteiger partial charge in [-0.15, -0.1) is 11.3 Å². The van der Waals surface area contributed by atoms with Gasteiger partial charge in [-0.1, -0.05) is 12.1 Å². The lowest BCUT2D eigenvalue weighted by molar-refractivity contribution is 0.0935. The van der Waals surface area contributed by atoms with Crippen LogP contribution in [0, 0.1) is 11.3 Å². The Balaban J connectivity index is 1.70. The molecule has 0 radical (unpaired) electrons. The molecule has 2 heterocycles. The average molecular weight is 339 g/mol.